The number of nitro benzene ring substituents is 1. The summed E-state index contributed by atoms with van der Waals surface area (Å²) in [6, 6.07) is 4.40. The molecule has 2 fully saturated rings. The van der Waals surface area contributed by atoms with Gasteiger partial charge in [-0.15, -0.1) is 0 Å². The van der Waals surface area contributed by atoms with Gasteiger partial charge in [-0.3, -0.25) is 14.7 Å². The first-order chi connectivity index (χ1) is 10.9. The van der Waals surface area contributed by atoms with Crippen LogP contribution in [0.3, 0.4) is 0 Å². The number of ether oxygens (including phenoxy) is 1. The lowest BCUT2D eigenvalue weighted by atomic mass is 10.2. The van der Waals surface area contributed by atoms with E-state index in [0.29, 0.717) is 11.3 Å². The summed E-state index contributed by atoms with van der Waals surface area (Å²) in [6.45, 7) is 6.92. The third-order valence-electron chi connectivity index (χ3n) is 3.57. The van der Waals surface area contributed by atoms with Crippen molar-refractivity contribution in [3.63, 3.8) is 0 Å². The van der Waals surface area contributed by atoms with Crippen molar-refractivity contribution in [3.8, 4) is 5.75 Å². The van der Waals surface area contributed by atoms with Gasteiger partial charge in [0.1, 0.15) is 5.75 Å². The number of benzene rings is 1. The van der Waals surface area contributed by atoms with Crippen molar-refractivity contribution in [2.45, 2.75) is 26.6 Å². The SMILES string of the molecule is CC(C)Oc1cc([N+](=O)[O-])ccc1COP(=O)(N1CC1)N1CC1. The third kappa shape index (κ3) is 3.72. The zero-order valence-electron chi connectivity index (χ0n) is 13.2. The highest BCUT2D eigenvalue weighted by Crippen LogP contribution is 2.61. The highest BCUT2D eigenvalue weighted by Gasteiger charge is 2.49. The average molecular weight is 341 g/mol. The highest BCUT2D eigenvalue weighted by atomic mass is 31.2. The summed E-state index contributed by atoms with van der Waals surface area (Å²) in [4.78, 5) is 10.5. The minimum Gasteiger partial charge on any atom is -0.490 e. The van der Waals surface area contributed by atoms with Crippen LogP contribution in [-0.2, 0) is 15.7 Å². The summed E-state index contributed by atoms with van der Waals surface area (Å²) < 4.78 is 28.0. The lowest BCUT2D eigenvalue weighted by molar-refractivity contribution is -0.385. The Morgan fingerprint density at radius 1 is 1.26 bits per heavy atom. The molecule has 0 amide bonds. The molecule has 2 aliphatic heterocycles. The number of hydrogen-bond donors (Lipinski definition) is 0. The molecular weight excluding hydrogens is 321 g/mol. The first-order valence-corrected chi connectivity index (χ1v) is 9.12. The Morgan fingerprint density at radius 2 is 1.87 bits per heavy atom. The number of non-ortho nitro benzene ring substituents is 1. The van der Waals surface area contributed by atoms with Gasteiger partial charge >= 0.3 is 7.67 Å². The molecule has 0 unspecified atom stereocenters. The van der Waals surface area contributed by atoms with Gasteiger partial charge in [0.05, 0.1) is 23.7 Å². The summed E-state index contributed by atoms with van der Waals surface area (Å²) in [5, 5.41) is 10.9. The molecule has 0 saturated carbocycles. The van der Waals surface area contributed by atoms with Crippen molar-refractivity contribution >= 4 is 13.4 Å². The van der Waals surface area contributed by atoms with Gasteiger partial charge in [-0.2, -0.15) is 0 Å². The molecule has 1 aromatic rings. The molecule has 2 saturated heterocycles. The number of rotatable bonds is 8. The lowest BCUT2D eigenvalue weighted by Crippen LogP contribution is -2.11. The zero-order valence-corrected chi connectivity index (χ0v) is 14.1. The smallest absolute Gasteiger partial charge is 0.346 e. The Kier molecular flexibility index (Phi) is 4.42. The van der Waals surface area contributed by atoms with E-state index in [-0.39, 0.29) is 18.4 Å². The van der Waals surface area contributed by atoms with Crippen LogP contribution in [0, 0.1) is 10.1 Å². The Balaban J connectivity index is 1.78. The van der Waals surface area contributed by atoms with E-state index < -0.39 is 12.6 Å². The average Bonchev–Trinajstić information content (AvgIpc) is 3.37. The van der Waals surface area contributed by atoms with Gasteiger partial charge in [-0.05, 0) is 19.9 Å². The molecular formula is C14H20N3O5P. The van der Waals surface area contributed by atoms with E-state index in [1.807, 2.05) is 23.2 Å². The normalized spacial score (nSPS) is 18.2. The van der Waals surface area contributed by atoms with E-state index in [9.17, 15) is 14.7 Å². The van der Waals surface area contributed by atoms with Crippen LogP contribution in [0.2, 0.25) is 0 Å². The van der Waals surface area contributed by atoms with Crippen molar-refractivity contribution in [3.05, 3.63) is 33.9 Å². The summed E-state index contributed by atoms with van der Waals surface area (Å²) >= 11 is 0. The third-order valence-corrected chi connectivity index (χ3v) is 6.27. The van der Waals surface area contributed by atoms with Gasteiger partial charge in [0.15, 0.2) is 0 Å². The first-order valence-electron chi connectivity index (χ1n) is 7.59. The number of hydrogen-bond acceptors (Lipinski definition) is 5. The summed E-state index contributed by atoms with van der Waals surface area (Å²) in [7, 11) is -2.91. The molecule has 0 bridgehead atoms. The minimum absolute atomic E-state index is 0.0375. The highest BCUT2D eigenvalue weighted by molar-refractivity contribution is 7.54. The second kappa shape index (κ2) is 6.20. The van der Waals surface area contributed by atoms with Crippen LogP contribution in [0.25, 0.3) is 0 Å². The first kappa shape index (κ1) is 16.4. The molecule has 8 nitrogen and oxygen atoms in total. The van der Waals surface area contributed by atoms with E-state index in [2.05, 4.69) is 0 Å². The summed E-state index contributed by atoms with van der Waals surface area (Å²) in [5.74, 6) is 0.400. The fraction of sp³-hybridized carbons (Fsp3) is 0.571. The topological polar surface area (TPSA) is 84.7 Å². The fourth-order valence-electron chi connectivity index (χ4n) is 2.23. The molecule has 126 valence electrons. The van der Waals surface area contributed by atoms with Crippen LogP contribution < -0.4 is 4.74 Å². The van der Waals surface area contributed by atoms with Crippen LogP contribution in [0.5, 0.6) is 5.75 Å². The second-order valence-electron chi connectivity index (χ2n) is 5.89. The van der Waals surface area contributed by atoms with Crippen LogP contribution in [-0.4, -0.2) is 46.5 Å². The molecule has 9 heteroatoms. The molecule has 0 atom stereocenters. The molecule has 2 heterocycles. The van der Waals surface area contributed by atoms with Crippen molar-refractivity contribution in [1.29, 1.82) is 0 Å². The summed E-state index contributed by atoms with van der Waals surface area (Å²) in [5.41, 5.74) is 0.623. The maximum Gasteiger partial charge on any atom is 0.346 e. The fourth-order valence-corrected chi connectivity index (χ4v) is 4.41. The van der Waals surface area contributed by atoms with Gasteiger partial charge in [-0.1, -0.05) is 0 Å². The second-order valence-corrected chi connectivity index (χ2v) is 8.26. The molecule has 0 spiro atoms. The molecule has 3 rings (SSSR count). The number of nitrogens with zero attached hydrogens (tertiary/aromatic N) is 3. The van der Waals surface area contributed by atoms with Crippen LogP contribution in [0.15, 0.2) is 18.2 Å². The van der Waals surface area contributed by atoms with Crippen LogP contribution in [0.1, 0.15) is 19.4 Å². The minimum atomic E-state index is -2.91. The lowest BCUT2D eigenvalue weighted by Gasteiger charge is -2.21. The quantitative estimate of drug-likeness (QED) is 0.311. The predicted molar refractivity (Wildman–Crippen MR) is 84.4 cm³/mol. The Labute approximate surface area is 134 Å². The molecule has 23 heavy (non-hydrogen) atoms. The Hall–Kier alpha value is -1.47. The standard InChI is InChI=1S/C14H20N3O5P/c1-11(2)22-14-9-13(17(18)19)4-3-12(14)10-21-23(20,15-5-6-15)16-7-8-16/h3-4,9,11H,5-8,10H2,1-2H3. The van der Waals surface area contributed by atoms with Gasteiger partial charge in [0.25, 0.3) is 5.69 Å². The van der Waals surface area contributed by atoms with Crippen LogP contribution >= 0.6 is 7.67 Å². The van der Waals surface area contributed by atoms with Crippen molar-refractivity contribution < 1.29 is 18.7 Å². The van der Waals surface area contributed by atoms with Crippen molar-refractivity contribution in [2.75, 3.05) is 26.2 Å². The van der Waals surface area contributed by atoms with E-state index in [1.54, 1.807) is 6.07 Å². The Bertz CT molecular complexity index is 642. The monoisotopic (exact) mass is 341 g/mol. The molecule has 0 aromatic heterocycles. The largest absolute Gasteiger partial charge is 0.490 e. The van der Waals surface area contributed by atoms with Gasteiger partial charge < -0.3 is 9.26 Å². The van der Waals surface area contributed by atoms with Gasteiger partial charge in [0.2, 0.25) is 0 Å². The maximum atomic E-state index is 12.9. The molecule has 0 radical (unpaired) electrons. The van der Waals surface area contributed by atoms with E-state index in [1.165, 1.54) is 12.1 Å². The summed E-state index contributed by atoms with van der Waals surface area (Å²) in [6.07, 6.45) is -0.123. The van der Waals surface area contributed by atoms with E-state index >= 15 is 0 Å². The zero-order chi connectivity index (χ0) is 16.6. The molecule has 2 aliphatic rings. The number of nitro groups is 1. The Morgan fingerprint density at radius 3 is 2.35 bits per heavy atom. The van der Waals surface area contributed by atoms with Crippen molar-refractivity contribution in [1.82, 2.24) is 9.34 Å². The van der Waals surface area contributed by atoms with Gasteiger partial charge in [-0.25, -0.2) is 9.34 Å². The maximum absolute atomic E-state index is 12.9. The van der Waals surface area contributed by atoms with Crippen molar-refractivity contribution in [2.24, 2.45) is 0 Å². The van der Waals surface area contributed by atoms with Crippen LogP contribution in [0.4, 0.5) is 5.69 Å². The van der Waals surface area contributed by atoms with E-state index in [4.69, 9.17) is 9.26 Å². The predicted octanol–water partition coefficient (Wildman–Crippen LogP) is 2.64. The molecule has 0 N–H and O–H groups in total. The molecule has 1 aromatic carbocycles. The molecule has 0 aliphatic carbocycles. The van der Waals surface area contributed by atoms with E-state index in [0.717, 1.165) is 26.2 Å². The van der Waals surface area contributed by atoms with Gasteiger partial charge in [0, 0.05) is 37.8 Å².